The standard InChI is InChI=1S/C25H33N3O5/c1-28(17-23(29)26-22-14-16-33-27-22)15-8-13-21(28)18-32-24(30)25(31,19-9-4-2-5-10-19)20-11-6-3-7-12-20/h2,4-5,9-10,14,16,20-21,31H,3,6-8,11-13,15,17-18H2,1H3/p+1. The van der Waals surface area contributed by atoms with Crippen molar-refractivity contribution in [2.45, 2.75) is 56.6 Å². The Morgan fingerprint density at radius 3 is 2.61 bits per heavy atom. The Morgan fingerprint density at radius 2 is 1.91 bits per heavy atom. The van der Waals surface area contributed by atoms with Crippen LogP contribution in [0.2, 0.25) is 0 Å². The molecule has 2 N–H and O–H groups in total. The molecule has 1 amide bonds. The Labute approximate surface area is 194 Å². The lowest BCUT2D eigenvalue weighted by molar-refractivity contribution is -0.913. The van der Waals surface area contributed by atoms with Gasteiger partial charge in [-0.15, -0.1) is 0 Å². The van der Waals surface area contributed by atoms with Crippen LogP contribution in [-0.2, 0) is 19.9 Å². The quantitative estimate of drug-likeness (QED) is 0.467. The lowest BCUT2D eigenvalue weighted by Gasteiger charge is -2.38. The number of anilines is 1. The Balaban J connectivity index is 1.43. The average molecular weight is 457 g/mol. The van der Waals surface area contributed by atoms with Crippen LogP contribution in [0.1, 0.15) is 50.5 Å². The summed E-state index contributed by atoms with van der Waals surface area (Å²) in [6.45, 7) is 1.25. The van der Waals surface area contributed by atoms with Gasteiger partial charge in [-0.2, -0.15) is 0 Å². The molecular weight excluding hydrogens is 422 g/mol. The summed E-state index contributed by atoms with van der Waals surface area (Å²) < 4.78 is 11.1. The average Bonchev–Trinajstić information content (AvgIpc) is 3.47. The summed E-state index contributed by atoms with van der Waals surface area (Å²) in [4.78, 5) is 25.9. The number of likely N-dealkylation sites (tertiary alicyclic amines) is 1. The Hall–Kier alpha value is -2.71. The molecule has 0 radical (unpaired) electrons. The zero-order valence-electron chi connectivity index (χ0n) is 19.2. The van der Waals surface area contributed by atoms with Gasteiger partial charge in [-0.1, -0.05) is 54.8 Å². The molecule has 1 aromatic heterocycles. The molecule has 4 rings (SSSR count). The van der Waals surface area contributed by atoms with E-state index in [2.05, 4.69) is 10.5 Å². The number of benzene rings is 1. The number of nitrogens with zero attached hydrogens (tertiary/aromatic N) is 2. The minimum Gasteiger partial charge on any atom is -0.457 e. The summed E-state index contributed by atoms with van der Waals surface area (Å²) in [6.07, 6.45) is 7.96. The number of likely N-dealkylation sites (N-methyl/N-ethyl adjacent to an activating group) is 1. The number of amides is 1. The number of hydrogen-bond acceptors (Lipinski definition) is 6. The number of rotatable bonds is 8. The first-order chi connectivity index (χ1) is 15.9. The molecule has 8 nitrogen and oxygen atoms in total. The molecule has 1 aliphatic carbocycles. The van der Waals surface area contributed by atoms with E-state index in [4.69, 9.17) is 9.26 Å². The fourth-order valence-electron chi connectivity index (χ4n) is 5.46. The predicted molar refractivity (Wildman–Crippen MR) is 122 cm³/mol. The number of aromatic nitrogens is 1. The molecule has 3 unspecified atom stereocenters. The number of carbonyl (C=O) groups is 2. The maximum absolute atomic E-state index is 13.4. The van der Waals surface area contributed by atoms with E-state index >= 15 is 0 Å². The molecule has 1 saturated heterocycles. The van der Waals surface area contributed by atoms with Gasteiger partial charge in [0.05, 0.1) is 13.6 Å². The summed E-state index contributed by atoms with van der Waals surface area (Å²) in [5.41, 5.74) is -1.05. The number of aliphatic hydroxyl groups is 1. The van der Waals surface area contributed by atoms with Crippen LogP contribution in [-0.4, -0.2) is 59.4 Å². The van der Waals surface area contributed by atoms with Crippen LogP contribution in [0.15, 0.2) is 47.2 Å². The third-order valence-corrected chi connectivity index (χ3v) is 7.43. The van der Waals surface area contributed by atoms with Crippen molar-refractivity contribution in [3.63, 3.8) is 0 Å². The molecule has 8 heteroatoms. The Bertz CT molecular complexity index is 929. The van der Waals surface area contributed by atoms with Gasteiger partial charge in [0, 0.05) is 24.8 Å². The van der Waals surface area contributed by atoms with Gasteiger partial charge in [0.15, 0.2) is 18.0 Å². The highest BCUT2D eigenvalue weighted by Gasteiger charge is 2.48. The molecular formula is C25H34N3O5+. The van der Waals surface area contributed by atoms with Gasteiger partial charge in [-0.25, -0.2) is 4.79 Å². The molecule has 2 aliphatic rings. The van der Waals surface area contributed by atoms with Crippen molar-refractivity contribution in [2.75, 3.05) is 32.1 Å². The molecule has 2 fully saturated rings. The molecule has 1 aliphatic heterocycles. The van der Waals surface area contributed by atoms with Crippen molar-refractivity contribution >= 4 is 17.7 Å². The Kier molecular flexibility index (Phi) is 7.14. The van der Waals surface area contributed by atoms with E-state index in [-0.39, 0.29) is 31.0 Å². The second-order valence-electron chi connectivity index (χ2n) is 9.66. The monoisotopic (exact) mass is 456 g/mol. The molecule has 0 spiro atoms. The molecule has 3 atom stereocenters. The van der Waals surface area contributed by atoms with Gasteiger partial charge in [0.25, 0.3) is 5.91 Å². The second kappa shape index (κ2) is 10.1. The van der Waals surface area contributed by atoms with E-state index in [1.165, 1.54) is 6.26 Å². The molecule has 1 saturated carbocycles. The number of hydrogen-bond donors (Lipinski definition) is 2. The topological polar surface area (TPSA) is 102 Å². The first-order valence-corrected chi connectivity index (χ1v) is 11.9. The van der Waals surface area contributed by atoms with Crippen LogP contribution in [0.5, 0.6) is 0 Å². The van der Waals surface area contributed by atoms with Crippen LogP contribution in [0.25, 0.3) is 0 Å². The number of nitrogens with one attached hydrogen (secondary N) is 1. The summed E-state index contributed by atoms with van der Waals surface area (Å²) in [5.74, 6) is -0.508. The van der Waals surface area contributed by atoms with Crippen molar-refractivity contribution in [2.24, 2.45) is 5.92 Å². The SMILES string of the molecule is C[N+]1(CC(=O)Nc2ccon2)CCCC1COC(=O)C(O)(c1ccccc1)C1CCCCC1. The van der Waals surface area contributed by atoms with Crippen LogP contribution in [0.4, 0.5) is 5.82 Å². The summed E-state index contributed by atoms with van der Waals surface area (Å²) in [6, 6.07) is 10.8. The molecule has 1 aromatic carbocycles. The molecule has 0 bridgehead atoms. The number of ether oxygens (including phenoxy) is 1. The van der Waals surface area contributed by atoms with Gasteiger partial charge >= 0.3 is 5.97 Å². The van der Waals surface area contributed by atoms with Crippen LogP contribution in [0, 0.1) is 5.92 Å². The van der Waals surface area contributed by atoms with Crippen molar-refractivity contribution in [1.82, 2.24) is 5.16 Å². The van der Waals surface area contributed by atoms with E-state index in [0.717, 1.165) is 51.5 Å². The fourth-order valence-corrected chi connectivity index (χ4v) is 5.46. The summed E-state index contributed by atoms with van der Waals surface area (Å²) in [5, 5.41) is 18.2. The Morgan fingerprint density at radius 1 is 1.15 bits per heavy atom. The summed E-state index contributed by atoms with van der Waals surface area (Å²) in [7, 11) is 2.01. The van der Waals surface area contributed by atoms with Gasteiger partial charge in [0.1, 0.15) is 18.9 Å². The van der Waals surface area contributed by atoms with E-state index in [1.54, 1.807) is 18.2 Å². The highest BCUT2D eigenvalue weighted by molar-refractivity contribution is 5.90. The first kappa shape index (κ1) is 23.4. The zero-order valence-corrected chi connectivity index (χ0v) is 19.2. The fraction of sp³-hybridized carbons (Fsp3) is 0.560. The van der Waals surface area contributed by atoms with Gasteiger partial charge in [-0.3, -0.25) is 4.79 Å². The maximum atomic E-state index is 13.4. The minimum absolute atomic E-state index is 0.0108. The maximum Gasteiger partial charge on any atom is 0.343 e. The summed E-state index contributed by atoms with van der Waals surface area (Å²) >= 11 is 0. The largest absolute Gasteiger partial charge is 0.457 e. The lowest BCUT2D eigenvalue weighted by atomic mass is 9.73. The third-order valence-electron chi connectivity index (χ3n) is 7.43. The van der Waals surface area contributed by atoms with Gasteiger partial charge in [-0.05, 0) is 18.4 Å². The number of quaternary nitrogens is 1. The molecule has 2 heterocycles. The highest BCUT2D eigenvalue weighted by atomic mass is 16.6. The zero-order chi connectivity index (χ0) is 23.3. The second-order valence-corrected chi connectivity index (χ2v) is 9.66. The molecule has 178 valence electrons. The van der Waals surface area contributed by atoms with E-state index in [9.17, 15) is 14.7 Å². The molecule has 2 aromatic rings. The van der Waals surface area contributed by atoms with Crippen LogP contribution >= 0.6 is 0 Å². The van der Waals surface area contributed by atoms with Gasteiger partial charge in [0.2, 0.25) is 0 Å². The van der Waals surface area contributed by atoms with Crippen molar-refractivity contribution in [3.05, 3.63) is 48.2 Å². The number of carbonyl (C=O) groups excluding carboxylic acids is 2. The smallest absolute Gasteiger partial charge is 0.343 e. The number of esters is 1. The molecule has 33 heavy (non-hydrogen) atoms. The van der Waals surface area contributed by atoms with Crippen molar-refractivity contribution in [3.8, 4) is 0 Å². The highest BCUT2D eigenvalue weighted by Crippen LogP contribution is 2.40. The first-order valence-electron chi connectivity index (χ1n) is 11.9. The van der Waals surface area contributed by atoms with Crippen LogP contribution < -0.4 is 5.32 Å². The van der Waals surface area contributed by atoms with Crippen molar-refractivity contribution in [1.29, 1.82) is 0 Å². The van der Waals surface area contributed by atoms with E-state index in [1.807, 2.05) is 25.2 Å². The normalized spacial score (nSPS) is 25.3. The van der Waals surface area contributed by atoms with E-state index in [0.29, 0.717) is 15.9 Å². The van der Waals surface area contributed by atoms with Crippen LogP contribution in [0.3, 0.4) is 0 Å². The minimum atomic E-state index is -1.64. The third kappa shape index (κ3) is 5.12. The van der Waals surface area contributed by atoms with Crippen molar-refractivity contribution < 1.29 is 28.4 Å². The predicted octanol–water partition coefficient (Wildman–Crippen LogP) is 3.23. The lowest BCUT2D eigenvalue weighted by Crippen LogP contribution is -2.54. The van der Waals surface area contributed by atoms with Gasteiger partial charge < -0.3 is 24.2 Å². The van der Waals surface area contributed by atoms with E-state index < -0.39 is 11.6 Å².